The molecule has 6 fully saturated rings. The predicted octanol–water partition coefficient (Wildman–Crippen LogP) is 4.11. The maximum absolute atomic E-state index is 13.4. The molecule has 8 unspecified atom stereocenters. The average molecular weight is 505 g/mol. The Kier molecular flexibility index (Phi) is 5.05. The number of carbonyl (C=O) groups excluding carboxylic acids is 2. The number of aromatic nitrogens is 1. The summed E-state index contributed by atoms with van der Waals surface area (Å²) in [7, 11) is 0. The summed E-state index contributed by atoms with van der Waals surface area (Å²) in [6, 6.07) is 8.56. The fourth-order valence-corrected chi connectivity index (χ4v) is 10.3. The number of likely N-dealkylation sites (tertiary alicyclic amines) is 1. The summed E-state index contributed by atoms with van der Waals surface area (Å²) in [4.78, 5) is 33.7. The zero-order valence-corrected chi connectivity index (χ0v) is 21.7. The average Bonchev–Trinajstić information content (AvgIpc) is 3.74. The lowest BCUT2D eigenvalue weighted by atomic mass is 9.78. The Balaban J connectivity index is 0.945. The summed E-state index contributed by atoms with van der Waals surface area (Å²) in [5, 5.41) is 1.28. The number of carbonyl (C=O) groups is 2. The van der Waals surface area contributed by atoms with Crippen LogP contribution in [0.15, 0.2) is 24.3 Å². The van der Waals surface area contributed by atoms with Gasteiger partial charge in [-0.1, -0.05) is 12.1 Å². The maximum Gasteiger partial charge on any atom is 0.233 e. The van der Waals surface area contributed by atoms with Crippen LogP contribution in [-0.2, 0) is 9.59 Å². The summed E-state index contributed by atoms with van der Waals surface area (Å²) >= 11 is 1.60. The lowest BCUT2D eigenvalue weighted by Gasteiger charge is -2.40. The Hall–Kier alpha value is -1.99. The number of anilines is 1. The van der Waals surface area contributed by atoms with Crippen LogP contribution >= 0.6 is 11.5 Å². The van der Waals surface area contributed by atoms with Crippen LogP contribution < -0.4 is 4.90 Å². The number of piperazine rings is 1. The fourth-order valence-electron chi connectivity index (χ4n) is 9.50. The van der Waals surface area contributed by atoms with Crippen LogP contribution in [0.4, 0.5) is 5.82 Å². The largest absolute Gasteiger partial charge is 0.353 e. The van der Waals surface area contributed by atoms with Crippen LogP contribution in [0.25, 0.3) is 10.1 Å². The van der Waals surface area contributed by atoms with E-state index in [0.29, 0.717) is 36.1 Å². The van der Waals surface area contributed by atoms with Crippen molar-refractivity contribution in [1.29, 1.82) is 0 Å². The highest BCUT2D eigenvalue weighted by Gasteiger charge is 2.61. The molecule has 0 radical (unpaired) electrons. The van der Waals surface area contributed by atoms with E-state index in [2.05, 4.69) is 34.1 Å². The molecular formula is C29H36N4O2S. The molecular weight excluding hydrogens is 468 g/mol. The molecule has 1 aromatic carbocycles. The smallest absolute Gasteiger partial charge is 0.233 e. The zero-order chi connectivity index (χ0) is 24.0. The molecule has 4 bridgehead atoms. The molecule has 2 aliphatic heterocycles. The lowest BCUT2D eigenvalue weighted by Crippen LogP contribution is -2.50. The molecule has 6 nitrogen and oxygen atoms in total. The number of fused-ring (bicyclic) bond motifs is 8. The fraction of sp³-hybridized carbons (Fsp3) is 0.690. The summed E-state index contributed by atoms with van der Waals surface area (Å²) in [5.41, 5.74) is 0. The van der Waals surface area contributed by atoms with Crippen molar-refractivity contribution < 1.29 is 9.59 Å². The molecule has 0 spiro atoms. The second kappa shape index (κ2) is 8.26. The standard InChI is InChI=1S/C29H36N4O2S/c34-28-25-19-7-8-20(14-19)26(25)29(35)33(28)16-23-18-6-5-17(13-18)22(23)15-31-9-11-32(12-10-31)27-21-3-1-2-4-24(21)36-30-27/h1-4,17-20,22-23,25-26H,5-16H2. The van der Waals surface area contributed by atoms with E-state index in [1.165, 1.54) is 29.3 Å². The molecule has 8 rings (SSSR count). The van der Waals surface area contributed by atoms with Gasteiger partial charge in [0.05, 0.1) is 16.5 Å². The first-order valence-corrected chi connectivity index (χ1v) is 15.1. The van der Waals surface area contributed by atoms with Gasteiger partial charge in [0.15, 0.2) is 0 Å². The van der Waals surface area contributed by atoms with Gasteiger partial charge >= 0.3 is 0 Å². The number of imide groups is 1. The van der Waals surface area contributed by atoms with Crippen LogP contribution in [0, 0.1) is 47.3 Å². The minimum absolute atomic E-state index is 0.0307. The second-order valence-electron chi connectivity index (χ2n) is 12.6. The van der Waals surface area contributed by atoms with Crippen molar-refractivity contribution in [3.05, 3.63) is 24.3 Å². The van der Waals surface area contributed by atoms with Gasteiger partial charge in [-0.15, -0.1) is 0 Å². The third kappa shape index (κ3) is 3.20. The van der Waals surface area contributed by atoms with E-state index in [0.717, 1.165) is 63.7 Å². The molecule has 190 valence electrons. The summed E-state index contributed by atoms with van der Waals surface area (Å²) in [5.74, 6) is 5.22. The van der Waals surface area contributed by atoms with Gasteiger partial charge in [-0.2, -0.15) is 4.37 Å². The first-order chi connectivity index (χ1) is 17.7. The molecule has 8 atom stereocenters. The number of amides is 2. The number of hydrogen-bond acceptors (Lipinski definition) is 6. The molecule has 4 saturated carbocycles. The van der Waals surface area contributed by atoms with E-state index in [1.807, 2.05) is 0 Å². The van der Waals surface area contributed by atoms with Crippen molar-refractivity contribution in [1.82, 2.24) is 14.2 Å². The van der Waals surface area contributed by atoms with Gasteiger partial charge in [0.1, 0.15) is 5.82 Å². The SMILES string of the molecule is O=C1C2C3CCC(C3)C2C(=O)N1CC1C2CCC(C2)C1CN1CCN(c2nsc3ccccc23)CC1. The third-order valence-corrected chi connectivity index (χ3v) is 12.0. The summed E-state index contributed by atoms with van der Waals surface area (Å²) in [6.07, 6.45) is 7.41. The van der Waals surface area contributed by atoms with Gasteiger partial charge in [0.25, 0.3) is 0 Å². The van der Waals surface area contributed by atoms with E-state index in [4.69, 9.17) is 4.37 Å². The van der Waals surface area contributed by atoms with Gasteiger partial charge in [0.2, 0.25) is 11.8 Å². The van der Waals surface area contributed by atoms with Crippen molar-refractivity contribution in [2.24, 2.45) is 47.3 Å². The van der Waals surface area contributed by atoms with Gasteiger partial charge < -0.3 is 4.90 Å². The van der Waals surface area contributed by atoms with Gasteiger partial charge in [-0.25, -0.2) is 0 Å². The number of benzene rings is 1. The maximum atomic E-state index is 13.4. The number of nitrogens with zero attached hydrogens (tertiary/aromatic N) is 4. The normalized spacial score (nSPS) is 39.8. The Morgan fingerprint density at radius 2 is 1.39 bits per heavy atom. The van der Waals surface area contributed by atoms with E-state index < -0.39 is 0 Å². The molecule has 36 heavy (non-hydrogen) atoms. The summed E-state index contributed by atoms with van der Waals surface area (Å²) in [6.45, 7) is 6.03. The first-order valence-electron chi connectivity index (χ1n) is 14.3. The number of rotatable bonds is 5. The van der Waals surface area contributed by atoms with Crippen molar-refractivity contribution in [3.8, 4) is 0 Å². The minimum Gasteiger partial charge on any atom is -0.353 e. The van der Waals surface area contributed by atoms with E-state index in [9.17, 15) is 9.59 Å². The lowest BCUT2D eigenvalue weighted by molar-refractivity contribution is -0.142. The minimum atomic E-state index is 0.0307. The van der Waals surface area contributed by atoms with E-state index in [1.54, 1.807) is 16.4 Å². The van der Waals surface area contributed by atoms with Gasteiger partial charge in [-0.3, -0.25) is 19.4 Å². The van der Waals surface area contributed by atoms with Crippen LogP contribution in [0.3, 0.4) is 0 Å². The molecule has 4 aliphatic carbocycles. The highest BCUT2D eigenvalue weighted by Crippen LogP contribution is 2.58. The van der Waals surface area contributed by atoms with Crippen molar-refractivity contribution in [2.75, 3.05) is 44.2 Å². The van der Waals surface area contributed by atoms with E-state index in [-0.39, 0.29) is 23.7 Å². The van der Waals surface area contributed by atoms with Crippen LogP contribution in [0.1, 0.15) is 38.5 Å². The third-order valence-electron chi connectivity index (χ3n) is 11.2. The molecule has 3 heterocycles. The van der Waals surface area contributed by atoms with Gasteiger partial charge in [0, 0.05) is 44.7 Å². The molecule has 7 heteroatoms. The van der Waals surface area contributed by atoms with Crippen LogP contribution in [0.5, 0.6) is 0 Å². The zero-order valence-electron chi connectivity index (χ0n) is 20.9. The molecule has 1 aromatic heterocycles. The Bertz CT molecular complexity index is 1180. The topological polar surface area (TPSA) is 56.8 Å². The van der Waals surface area contributed by atoms with Gasteiger partial charge in [-0.05, 0) is 97.7 Å². The molecule has 0 N–H and O–H groups in total. The number of hydrogen-bond donors (Lipinski definition) is 0. The Morgan fingerprint density at radius 1 is 0.778 bits per heavy atom. The highest BCUT2D eigenvalue weighted by molar-refractivity contribution is 7.13. The first kappa shape index (κ1) is 22.0. The van der Waals surface area contributed by atoms with E-state index >= 15 is 0 Å². The molecule has 2 aromatic rings. The Morgan fingerprint density at radius 3 is 2.11 bits per heavy atom. The Labute approximate surface area is 217 Å². The van der Waals surface area contributed by atoms with Crippen molar-refractivity contribution in [2.45, 2.75) is 38.5 Å². The summed E-state index contributed by atoms with van der Waals surface area (Å²) < 4.78 is 6.05. The molecule has 2 saturated heterocycles. The van der Waals surface area contributed by atoms with Crippen molar-refractivity contribution >= 4 is 39.3 Å². The predicted molar refractivity (Wildman–Crippen MR) is 141 cm³/mol. The highest BCUT2D eigenvalue weighted by atomic mass is 32.1. The van der Waals surface area contributed by atoms with Crippen LogP contribution in [0.2, 0.25) is 0 Å². The quantitative estimate of drug-likeness (QED) is 0.574. The monoisotopic (exact) mass is 504 g/mol. The van der Waals surface area contributed by atoms with Crippen LogP contribution in [-0.4, -0.2) is 65.3 Å². The van der Waals surface area contributed by atoms with Crippen molar-refractivity contribution in [3.63, 3.8) is 0 Å². The second-order valence-corrected chi connectivity index (χ2v) is 13.4. The molecule has 2 amide bonds. The molecule has 6 aliphatic rings.